The molecule has 0 aliphatic carbocycles. The van der Waals surface area contributed by atoms with Gasteiger partial charge in [-0.3, -0.25) is 4.79 Å². The highest BCUT2D eigenvalue weighted by Gasteiger charge is 2.23. The topological polar surface area (TPSA) is 117 Å². The number of carbonyl (C=O) groups is 1. The number of aryl methyl sites for hydroxylation is 1. The predicted molar refractivity (Wildman–Crippen MR) is 100 cm³/mol. The Morgan fingerprint density at radius 3 is 2.54 bits per heavy atom. The van der Waals surface area contributed by atoms with E-state index >= 15 is 0 Å². The summed E-state index contributed by atoms with van der Waals surface area (Å²) in [6.07, 6.45) is 0. The van der Waals surface area contributed by atoms with Gasteiger partial charge in [-0.1, -0.05) is 35.5 Å². The van der Waals surface area contributed by atoms with Crippen molar-refractivity contribution in [1.82, 2.24) is 15.4 Å². The van der Waals surface area contributed by atoms with Crippen molar-refractivity contribution in [3.8, 4) is 39.9 Å². The molecule has 0 saturated heterocycles. The summed E-state index contributed by atoms with van der Waals surface area (Å²) in [7, 11) is 1.48. The molecule has 4 rings (SSSR count). The first kappa shape index (κ1) is 17.5. The van der Waals surface area contributed by atoms with Gasteiger partial charge in [-0.05, 0) is 25.1 Å². The molecular formula is C20H16N4O4. The van der Waals surface area contributed by atoms with E-state index in [0.29, 0.717) is 33.9 Å². The maximum absolute atomic E-state index is 11.4. The number of benzene rings is 2. The molecule has 28 heavy (non-hydrogen) atoms. The van der Waals surface area contributed by atoms with Gasteiger partial charge in [0.2, 0.25) is 5.91 Å². The zero-order valence-corrected chi connectivity index (χ0v) is 15.2. The Morgan fingerprint density at radius 1 is 1.07 bits per heavy atom. The standard InChI is InChI=1S/C20H16N4O4/c1-11-16(17(24-28-11)12-6-4-3-5-7-12)20-23-22-19(27-20)14-9-8-13(18(21)25)10-15(14)26-2/h3-10H,1-2H3,(H2,21,25). The molecule has 0 spiro atoms. The number of rotatable bonds is 5. The van der Waals surface area contributed by atoms with Gasteiger partial charge in [-0.15, -0.1) is 10.2 Å². The number of ether oxygens (including phenoxy) is 1. The summed E-state index contributed by atoms with van der Waals surface area (Å²) in [5.41, 5.74) is 8.29. The third-order valence-electron chi connectivity index (χ3n) is 4.27. The van der Waals surface area contributed by atoms with Crippen LogP contribution in [0.3, 0.4) is 0 Å². The first-order chi connectivity index (χ1) is 13.6. The van der Waals surface area contributed by atoms with E-state index in [9.17, 15) is 4.79 Å². The van der Waals surface area contributed by atoms with Crippen molar-refractivity contribution >= 4 is 5.91 Å². The smallest absolute Gasteiger partial charge is 0.254 e. The molecule has 2 aromatic carbocycles. The Bertz CT molecular complexity index is 1150. The maximum Gasteiger partial charge on any atom is 0.254 e. The molecule has 1 amide bonds. The van der Waals surface area contributed by atoms with Gasteiger partial charge in [0.15, 0.2) is 0 Å². The molecule has 0 bridgehead atoms. The van der Waals surface area contributed by atoms with Crippen molar-refractivity contribution in [2.45, 2.75) is 6.92 Å². The van der Waals surface area contributed by atoms with Crippen molar-refractivity contribution < 1.29 is 18.5 Å². The molecule has 2 heterocycles. The van der Waals surface area contributed by atoms with E-state index in [-0.39, 0.29) is 11.8 Å². The van der Waals surface area contributed by atoms with Crippen LogP contribution in [0, 0.1) is 6.92 Å². The molecule has 0 radical (unpaired) electrons. The van der Waals surface area contributed by atoms with E-state index in [1.165, 1.54) is 13.2 Å². The Balaban J connectivity index is 1.78. The monoisotopic (exact) mass is 376 g/mol. The van der Waals surface area contributed by atoms with Gasteiger partial charge < -0.3 is 19.4 Å². The minimum absolute atomic E-state index is 0.238. The molecule has 0 saturated carbocycles. The number of nitrogens with two attached hydrogens (primary N) is 1. The highest BCUT2D eigenvalue weighted by molar-refractivity contribution is 5.94. The largest absolute Gasteiger partial charge is 0.496 e. The summed E-state index contributed by atoms with van der Waals surface area (Å²) in [5, 5.41) is 12.4. The van der Waals surface area contributed by atoms with E-state index in [1.54, 1.807) is 19.1 Å². The lowest BCUT2D eigenvalue weighted by Gasteiger charge is -2.06. The van der Waals surface area contributed by atoms with Crippen LogP contribution in [0.2, 0.25) is 0 Å². The summed E-state index contributed by atoms with van der Waals surface area (Å²) < 4.78 is 16.6. The number of aromatic nitrogens is 3. The fourth-order valence-electron chi connectivity index (χ4n) is 2.87. The molecule has 4 aromatic rings. The number of amides is 1. The molecule has 0 aliphatic rings. The van der Waals surface area contributed by atoms with Crippen molar-refractivity contribution in [3.63, 3.8) is 0 Å². The Morgan fingerprint density at radius 2 is 1.82 bits per heavy atom. The van der Waals surface area contributed by atoms with Gasteiger partial charge in [0.05, 0.1) is 12.7 Å². The molecular weight excluding hydrogens is 360 g/mol. The van der Waals surface area contributed by atoms with E-state index < -0.39 is 5.91 Å². The molecule has 8 nitrogen and oxygen atoms in total. The fourth-order valence-corrected chi connectivity index (χ4v) is 2.87. The summed E-state index contributed by atoms with van der Waals surface area (Å²) in [6.45, 7) is 1.78. The Kier molecular flexibility index (Phi) is 4.36. The SMILES string of the molecule is COc1cc(C(N)=O)ccc1-c1nnc(-c2c(-c3ccccc3)noc2C)o1. The number of nitrogens with zero attached hydrogens (tertiary/aromatic N) is 3. The lowest BCUT2D eigenvalue weighted by Crippen LogP contribution is -2.10. The van der Waals surface area contributed by atoms with Crippen LogP contribution >= 0.6 is 0 Å². The molecule has 8 heteroatoms. The van der Waals surface area contributed by atoms with Gasteiger partial charge in [0.25, 0.3) is 11.8 Å². The van der Waals surface area contributed by atoms with Crippen LogP contribution in [0.15, 0.2) is 57.5 Å². The van der Waals surface area contributed by atoms with Crippen LogP contribution in [-0.2, 0) is 0 Å². The zero-order valence-electron chi connectivity index (χ0n) is 15.2. The first-order valence-corrected chi connectivity index (χ1v) is 8.42. The maximum atomic E-state index is 11.4. The summed E-state index contributed by atoms with van der Waals surface area (Å²) in [5.74, 6) is 0.918. The van der Waals surface area contributed by atoms with Crippen molar-refractivity contribution in [2.75, 3.05) is 7.11 Å². The average Bonchev–Trinajstić information content (AvgIpc) is 3.34. The van der Waals surface area contributed by atoms with Crippen LogP contribution in [0.1, 0.15) is 16.1 Å². The molecule has 0 unspecified atom stereocenters. The highest BCUT2D eigenvalue weighted by atomic mass is 16.5. The van der Waals surface area contributed by atoms with Crippen LogP contribution in [-0.4, -0.2) is 28.4 Å². The number of methoxy groups -OCH3 is 1. The predicted octanol–water partition coefficient (Wildman–Crippen LogP) is 3.47. The van der Waals surface area contributed by atoms with Gasteiger partial charge in [-0.2, -0.15) is 0 Å². The van der Waals surface area contributed by atoms with Crippen molar-refractivity contribution in [3.05, 3.63) is 59.9 Å². The van der Waals surface area contributed by atoms with Crippen LogP contribution < -0.4 is 10.5 Å². The number of carbonyl (C=O) groups excluding carboxylic acids is 1. The fraction of sp³-hybridized carbons (Fsp3) is 0.100. The first-order valence-electron chi connectivity index (χ1n) is 8.42. The number of hydrogen-bond donors (Lipinski definition) is 1. The molecule has 0 aliphatic heterocycles. The summed E-state index contributed by atoms with van der Waals surface area (Å²) >= 11 is 0. The second kappa shape index (κ2) is 6.99. The normalized spacial score (nSPS) is 10.8. The second-order valence-electron chi connectivity index (χ2n) is 6.02. The quantitative estimate of drug-likeness (QED) is 0.566. The van der Waals surface area contributed by atoms with Gasteiger partial charge >= 0.3 is 0 Å². The van der Waals surface area contributed by atoms with Crippen molar-refractivity contribution in [1.29, 1.82) is 0 Å². The third-order valence-corrected chi connectivity index (χ3v) is 4.27. The van der Waals surface area contributed by atoms with Crippen LogP contribution in [0.4, 0.5) is 0 Å². The molecule has 2 N–H and O–H groups in total. The minimum Gasteiger partial charge on any atom is -0.496 e. The van der Waals surface area contributed by atoms with Crippen LogP contribution in [0.5, 0.6) is 5.75 Å². The average molecular weight is 376 g/mol. The molecule has 140 valence electrons. The van der Waals surface area contributed by atoms with E-state index in [0.717, 1.165) is 5.56 Å². The van der Waals surface area contributed by atoms with Crippen molar-refractivity contribution in [2.24, 2.45) is 5.73 Å². The Labute approximate surface area is 159 Å². The second-order valence-corrected chi connectivity index (χ2v) is 6.02. The Hall–Kier alpha value is -3.94. The highest BCUT2D eigenvalue weighted by Crippen LogP contribution is 2.36. The van der Waals surface area contributed by atoms with Gasteiger partial charge in [0.1, 0.15) is 22.8 Å². The number of primary amides is 1. The number of hydrogen-bond acceptors (Lipinski definition) is 7. The summed E-state index contributed by atoms with van der Waals surface area (Å²) in [6, 6.07) is 14.3. The lowest BCUT2D eigenvalue weighted by molar-refractivity contribution is 0.1000. The minimum atomic E-state index is -0.552. The zero-order chi connectivity index (χ0) is 19.7. The van der Waals surface area contributed by atoms with E-state index in [4.69, 9.17) is 19.4 Å². The summed E-state index contributed by atoms with van der Waals surface area (Å²) in [4.78, 5) is 11.4. The molecule has 0 atom stereocenters. The van der Waals surface area contributed by atoms with Gasteiger partial charge in [0, 0.05) is 11.1 Å². The van der Waals surface area contributed by atoms with E-state index in [2.05, 4.69) is 15.4 Å². The molecule has 0 fully saturated rings. The van der Waals surface area contributed by atoms with E-state index in [1.807, 2.05) is 30.3 Å². The third kappa shape index (κ3) is 3.01. The molecule has 2 aromatic heterocycles. The lowest BCUT2D eigenvalue weighted by atomic mass is 10.1. The van der Waals surface area contributed by atoms with Gasteiger partial charge in [-0.25, -0.2) is 0 Å². The van der Waals surface area contributed by atoms with Crippen LogP contribution in [0.25, 0.3) is 34.2 Å².